The summed E-state index contributed by atoms with van der Waals surface area (Å²) >= 11 is 7.13. The van der Waals surface area contributed by atoms with Crippen molar-refractivity contribution in [1.29, 1.82) is 0 Å². The molecule has 0 radical (unpaired) electrons. The Morgan fingerprint density at radius 2 is 1.39 bits per heavy atom. The molecule has 2 unspecified atom stereocenters. The Balaban J connectivity index is 0.979. The van der Waals surface area contributed by atoms with E-state index in [1.165, 1.54) is 64.4 Å². The lowest BCUT2D eigenvalue weighted by Crippen LogP contribution is -2.42. The van der Waals surface area contributed by atoms with Crippen molar-refractivity contribution in [2.75, 3.05) is 25.6 Å². The highest BCUT2D eigenvalue weighted by Crippen LogP contribution is 2.42. The number of thiazole rings is 6. The first-order chi connectivity index (χ1) is 44.7. The number of methoxy groups -OCH3 is 1. The number of ketones is 1. The zero-order valence-corrected chi connectivity index (χ0v) is 55.7. The molecule has 5 amide bonds. The number of rotatable bonds is 13. The van der Waals surface area contributed by atoms with Gasteiger partial charge in [-0.3, -0.25) is 38.5 Å². The van der Waals surface area contributed by atoms with Gasteiger partial charge in [0.05, 0.1) is 53.0 Å². The van der Waals surface area contributed by atoms with Crippen molar-refractivity contribution in [1.82, 2.24) is 56.2 Å². The Labute approximate surface area is 556 Å². The van der Waals surface area contributed by atoms with E-state index in [9.17, 15) is 53.7 Å². The van der Waals surface area contributed by atoms with Gasteiger partial charge in [-0.15, -0.1) is 68.0 Å². The van der Waals surface area contributed by atoms with Gasteiger partial charge in [0.2, 0.25) is 11.8 Å². The summed E-state index contributed by atoms with van der Waals surface area (Å²) < 4.78 is 11.5. The predicted molar refractivity (Wildman–Crippen MR) is 349 cm³/mol. The molecule has 0 spiro atoms. The first-order valence-corrected chi connectivity index (χ1v) is 35.0. The number of hydrogen-bond donors (Lipinski definition) is 7. The first kappa shape index (κ1) is 66.3. The average Bonchev–Trinajstić information content (AvgIpc) is 1.71. The zero-order valence-electron chi connectivity index (χ0n) is 50.8. The lowest BCUT2D eigenvalue weighted by molar-refractivity contribution is -0.143. The van der Waals surface area contributed by atoms with E-state index < -0.39 is 96.3 Å². The second-order valence-corrected chi connectivity index (χ2v) is 28.8. The number of carbonyl (C=O) groups excluding carboxylic acids is 6. The molecule has 486 valence electrons. The van der Waals surface area contributed by atoms with Crippen LogP contribution in [0.25, 0.3) is 43.4 Å². The van der Waals surface area contributed by atoms with Gasteiger partial charge in [0, 0.05) is 64.5 Å². The van der Waals surface area contributed by atoms with E-state index in [0.29, 0.717) is 112 Å². The standard InChI is InChI=1S/C62H64N12O13S6/c1-28(2)36-20-42(75)47-29(3)92-58(72-47)38(21-45(76)63-4)66-52(79)40-25-88-54(68-40)35-17-18-37(56-70-44(27-91-56)74(33-14-11-32(19-33)61(83)84)62(85)87-34-15-12-31(13-16-34)60(81)82)65-48(35)39-24-89-57(67-39)41-26-90-59(69-41)50(51(78)30-9-7-6-8-10-30)71-46(77)22-64-53(80)49-43(23-86-5)93-55(36)73-49/h6-10,17-18,24-28,31-34,36,38,50-51,78H,11-16,19-23H2,1-5H3,(H,63,76)(H,64,80)(H,66,79)(H,71,77)(H,81,82)(H,83,84)/t31?,32-,33?,34?,36?,38+,50+,51+/m1/s1. The summed E-state index contributed by atoms with van der Waals surface area (Å²) in [5, 5.41) is 51.7. The van der Waals surface area contributed by atoms with Gasteiger partial charge in [0.25, 0.3) is 11.8 Å². The molecule has 8 aromatic rings. The number of ether oxygens (including phenoxy) is 2. The predicted octanol–water partition coefficient (Wildman–Crippen LogP) is 10.0. The smallest absolute Gasteiger partial charge is 0.416 e. The number of amides is 5. The van der Waals surface area contributed by atoms with E-state index in [-0.39, 0.29) is 60.5 Å². The van der Waals surface area contributed by atoms with Crippen LogP contribution < -0.4 is 26.2 Å². The molecule has 0 saturated heterocycles. The van der Waals surface area contributed by atoms with Crippen molar-refractivity contribution in [2.45, 2.75) is 121 Å². The number of aliphatic hydroxyl groups is 1. The number of pyridine rings is 1. The topological polar surface area (TPSA) is 357 Å². The minimum atomic E-state index is -1.30. The minimum absolute atomic E-state index is 0.00131. The lowest BCUT2D eigenvalue weighted by Gasteiger charge is -2.31. The van der Waals surface area contributed by atoms with Gasteiger partial charge in [0.15, 0.2) is 5.78 Å². The van der Waals surface area contributed by atoms with Crippen molar-refractivity contribution in [3.63, 3.8) is 0 Å². The molecule has 7 aromatic heterocycles. The third-order valence-corrected chi connectivity index (χ3v) is 22.2. The molecular formula is C62H64N12O13S6. The molecule has 1 aliphatic heterocycles. The average molecular weight is 1380 g/mol. The van der Waals surface area contributed by atoms with Gasteiger partial charge in [-0.2, -0.15) is 0 Å². The highest BCUT2D eigenvalue weighted by atomic mass is 32.1. The molecule has 11 rings (SSSR count). The number of Topliss-reactive ketones (excluding diaryl/α,β-unsaturated/α-hetero) is 1. The number of fused-ring (bicyclic) bond motifs is 14. The summed E-state index contributed by atoms with van der Waals surface area (Å²) in [4.78, 5) is 145. The fourth-order valence-electron chi connectivity index (χ4n) is 11.4. The summed E-state index contributed by atoms with van der Waals surface area (Å²) in [6, 6.07) is 9.53. The number of hydrogen-bond acceptors (Lipinski definition) is 24. The molecular weight excluding hydrogens is 1310 g/mol. The van der Waals surface area contributed by atoms with Crippen molar-refractivity contribution in [2.24, 2.45) is 17.8 Å². The molecule has 2 saturated carbocycles. The fourth-order valence-corrected chi connectivity index (χ4v) is 17.0. The summed E-state index contributed by atoms with van der Waals surface area (Å²) in [5.41, 5.74) is 2.53. The highest BCUT2D eigenvalue weighted by molar-refractivity contribution is 7.15. The Morgan fingerprint density at radius 3 is 2.11 bits per heavy atom. The second-order valence-electron chi connectivity index (χ2n) is 23.0. The number of nitrogens with zero attached hydrogens (tertiary/aromatic N) is 8. The molecule has 1 aromatic carbocycles. The maximum Gasteiger partial charge on any atom is 0.416 e. The van der Waals surface area contributed by atoms with Gasteiger partial charge in [-0.05, 0) is 75.5 Å². The van der Waals surface area contributed by atoms with E-state index >= 15 is 0 Å². The van der Waals surface area contributed by atoms with E-state index in [4.69, 9.17) is 44.4 Å². The summed E-state index contributed by atoms with van der Waals surface area (Å²) in [7, 11) is 2.95. The Bertz CT molecular complexity index is 4110. The molecule has 8 heterocycles. The molecule has 31 heteroatoms. The number of aryl methyl sites for hydroxylation is 1. The number of aromatic nitrogens is 7. The van der Waals surface area contributed by atoms with Gasteiger partial charge in [-0.25, -0.2) is 39.7 Å². The van der Waals surface area contributed by atoms with Crippen LogP contribution in [0.4, 0.5) is 10.6 Å². The molecule has 2 fully saturated rings. The molecule has 10 bridgehead atoms. The monoisotopic (exact) mass is 1380 g/mol. The molecule has 7 N–H and O–H groups in total. The third-order valence-electron chi connectivity index (χ3n) is 16.4. The van der Waals surface area contributed by atoms with Crippen LogP contribution >= 0.6 is 68.0 Å². The molecule has 2 aliphatic carbocycles. The summed E-state index contributed by atoms with van der Waals surface area (Å²) in [5.74, 6) is -6.21. The van der Waals surface area contributed by atoms with E-state index in [2.05, 4.69) is 21.3 Å². The first-order valence-electron chi connectivity index (χ1n) is 29.8. The van der Waals surface area contributed by atoms with Gasteiger partial charge < -0.3 is 46.1 Å². The van der Waals surface area contributed by atoms with E-state index in [0.717, 1.165) is 22.7 Å². The van der Waals surface area contributed by atoms with E-state index in [1.807, 2.05) is 13.8 Å². The molecule has 25 nitrogen and oxygen atoms in total. The van der Waals surface area contributed by atoms with Gasteiger partial charge in [-0.1, -0.05) is 44.2 Å². The second kappa shape index (κ2) is 29.0. The normalized spacial score (nSPS) is 20.9. The maximum atomic E-state index is 14.5. The van der Waals surface area contributed by atoms with Crippen LogP contribution in [-0.2, 0) is 35.3 Å². The Morgan fingerprint density at radius 1 is 0.699 bits per heavy atom. The van der Waals surface area contributed by atoms with Crippen LogP contribution in [0.1, 0.15) is 158 Å². The zero-order chi connectivity index (χ0) is 65.8. The van der Waals surface area contributed by atoms with Crippen LogP contribution in [0.15, 0.2) is 64.0 Å². The van der Waals surface area contributed by atoms with Crippen molar-refractivity contribution in [3.05, 3.63) is 111 Å². The Hall–Kier alpha value is -8.17. The van der Waals surface area contributed by atoms with Crippen LogP contribution in [0.5, 0.6) is 0 Å². The number of carbonyl (C=O) groups is 8. The lowest BCUT2D eigenvalue weighted by atomic mass is 9.87. The number of carboxylic acids is 2. The largest absolute Gasteiger partial charge is 0.481 e. The molecule has 6 atom stereocenters. The SMILES string of the molecule is CNC(=O)C[C@@H]1NC(=O)c2csc(n2)-c2ccc(-c3nc(N(C(=O)OC4CCC(C(=O)O)CC4)C4CC[C@@H](C(=O)O)C4)cs3)nc2-c2csc(n2)-c2csc(n2)[C@H]([C@@H](O)c2ccccc2)NC(=O)CNC(=O)c2nc(sc2COC)C(C(C)C)CC(=O)c2nc1sc2C. The third kappa shape index (κ3) is 14.9. The molecule has 93 heavy (non-hydrogen) atoms. The Kier molecular flexibility index (Phi) is 20.7. The van der Waals surface area contributed by atoms with Gasteiger partial charge >= 0.3 is 18.0 Å². The van der Waals surface area contributed by atoms with Crippen LogP contribution in [0.2, 0.25) is 0 Å². The summed E-state index contributed by atoms with van der Waals surface area (Å²) in [6.45, 7) is 5.10. The van der Waals surface area contributed by atoms with Crippen molar-refractivity contribution in [3.8, 4) is 43.4 Å². The van der Waals surface area contributed by atoms with Crippen LogP contribution in [0.3, 0.4) is 0 Å². The fraction of sp³-hybridized carbons (Fsp3) is 0.403. The maximum absolute atomic E-state index is 14.5. The number of aliphatic carboxylic acids is 2. The quantitative estimate of drug-likeness (QED) is 0.0564. The van der Waals surface area contributed by atoms with Crippen LogP contribution in [0, 0.1) is 24.7 Å². The number of carboxylic acid groups (broad SMARTS) is 2. The van der Waals surface area contributed by atoms with E-state index in [1.54, 1.807) is 70.9 Å². The molecule has 3 aliphatic rings. The number of aliphatic hydroxyl groups excluding tert-OH is 1. The van der Waals surface area contributed by atoms with Crippen molar-refractivity contribution < 1.29 is 63.1 Å². The number of benzene rings is 1. The number of anilines is 1. The highest BCUT2D eigenvalue weighted by Gasteiger charge is 2.40. The summed E-state index contributed by atoms with van der Waals surface area (Å²) in [6.07, 6.45) is -0.593. The van der Waals surface area contributed by atoms with Crippen LogP contribution in [-0.4, -0.2) is 130 Å². The minimum Gasteiger partial charge on any atom is -0.481 e. The van der Waals surface area contributed by atoms with Gasteiger partial charge in [0.1, 0.15) is 83.3 Å². The number of nitrogens with one attached hydrogen (secondary N) is 4. The van der Waals surface area contributed by atoms with Crippen molar-refractivity contribution >= 4 is 121 Å².